The number of halogens is 6. The fraction of sp³-hybridized carbons (Fsp3) is 0.455. The van der Waals surface area contributed by atoms with Gasteiger partial charge in [0.05, 0.1) is 0 Å². The van der Waals surface area contributed by atoms with Gasteiger partial charge in [0, 0.05) is 10.0 Å². The average Bonchev–Trinajstić information content (AvgIpc) is 2.63. The van der Waals surface area contributed by atoms with Crippen LogP contribution in [0.4, 0.5) is 17.6 Å². The van der Waals surface area contributed by atoms with Crippen molar-refractivity contribution in [1.29, 1.82) is 0 Å². The van der Waals surface area contributed by atoms with E-state index in [9.17, 15) is 0 Å². The minimum Gasteiger partial charge on any atom is -0.400 e. The minimum absolute atomic E-state index is 0.117. The van der Waals surface area contributed by atoms with Crippen molar-refractivity contribution >= 4 is 39.8 Å². The van der Waals surface area contributed by atoms with Gasteiger partial charge in [0.25, 0.3) is 0 Å². The summed E-state index contributed by atoms with van der Waals surface area (Å²) in [6, 6.07) is 10.8. The lowest BCUT2D eigenvalue weighted by molar-refractivity contribution is -0.478. The van der Waals surface area contributed by atoms with Gasteiger partial charge in [0.1, 0.15) is 0 Å². The number of hydrogen-bond donors (Lipinski definition) is 0. The van der Waals surface area contributed by atoms with Gasteiger partial charge in [-0.3, -0.25) is 0 Å². The van der Waals surface area contributed by atoms with Crippen LogP contribution in [0.25, 0.3) is 0 Å². The largest absolute Gasteiger partial charge is 0.400 e. The Balaban J connectivity index is 2.48. The summed E-state index contributed by atoms with van der Waals surface area (Å²) in [5.41, 5.74) is -5.78. The first kappa shape index (κ1) is 25.7. The molecule has 0 aromatic heterocycles. The van der Waals surface area contributed by atoms with Crippen molar-refractivity contribution in [1.82, 2.24) is 0 Å². The number of alkyl halides is 4. The topological polar surface area (TPSA) is 18.5 Å². The highest BCUT2D eigenvalue weighted by atomic mass is 35.5. The van der Waals surface area contributed by atoms with Gasteiger partial charge in [0.15, 0.2) is 27.8 Å². The molecule has 0 heterocycles. The van der Waals surface area contributed by atoms with Crippen molar-refractivity contribution in [3.63, 3.8) is 0 Å². The SMILES string of the molecule is C[Si](C)(C)O[C@]1(c2ccc(Cl)cc2)C(F)(F)C(F)(F)[C@]1(O[Si](C)(C)C)c1ccc(Cl)cc1. The van der Waals surface area contributed by atoms with Crippen molar-refractivity contribution in [2.75, 3.05) is 0 Å². The zero-order chi connectivity index (χ0) is 24.4. The van der Waals surface area contributed by atoms with Crippen LogP contribution in [0.15, 0.2) is 48.5 Å². The first-order valence-electron chi connectivity index (χ1n) is 10.1. The Morgan fingerprint density at radius 2 is 0.812 bits per heavy atom. The van der Waals surface area contributed by atoms with Crippen LogP contribution in [0.1, 0.15) is 11.1 Å². The molecule has 0 aliphatic heterocycles. The maximum atomic E-state index is 15.8. The Bertz CT molecular complexity index is 907. The summed E-state index contributed by atoms with van der Waals surface area (Å²) in [6.45, 7) is 10.1. The van der Waals surface area contributed by atoms with E-state index in [0.29, 0.717) is 0 Å². The van der Waals surface area contributed by atoms with Crippen LogP contribution in [-0.4, -0.2) is 28.5 Å². The maximum absolute atomic E-state index is 15.8. The molecular formula is C22H26Cl2F4O2Si2. The lowest BCUT2D eigenvalue weighted by atomic mass is 9.53. The molecule has 2 nitrogen and oxygen atoms in total. The normalized spacial score (nSPS) is 27.1. The van der Waals surface area contributed by atoms with E-state index in [0.717, 1.165) is 0 Å². The monoisotopic (exact) mass is 524 g/mol. The summed E-state index contributed by atoms with van der Waals surface area (Å²) in [4.78, 5) is 0. The standard InChI is InChI=1S/C22H26Cl2F4O2Si2/c1-31(2,3)29-19(15-7-11-17(23)12-8-15)20(30-32(4,5)6,22(27,28)21(19,25)26)16-9-13-18(24)14-10-16/h7-14H,1-6H3/t19-,20-/m0/s1. The quantitative estimate of drug-likeness (QED) is 0.281. The van der Waals surface area contributed by atoms with Gasteiger partial charge in [-0.05, 0) is 74.7 Å². The van der Waals surface area contributed by atoms with Crippen molar-refractivity contribution < 1.29 is 26.4 Å². The van der Waals surface area contributed by atoms with Crippen molar-refractivity contribution in [2.24, 2.45) is 0 Å². The fourth-order valence-corrected chi connectivity index (χ4v) is 7.14. The van der Waals surface area contributed by atoms with Crippen LogP contribution in [0, 0.1) is 0 Å². The van der Waals surface area contributed by atoms with E-state index in [1.807, 2.05) is 0 Å². The molecular weight excluding hydrogens is 499 g/mol. The molecule has 3 rings (SSSR count). The van der Waals surface area contributed by atoms with Crippen molar-refractivity contribution in [3.05, 3.63) is 69.7 Å². The summed E-state index contributed by atoms with van der Waals surface area (Å²) in [6.07, 6.45) is 0. The van der Waals surface area contributed by atoms with E-state index in [1.165, 1.54) is 48.5 Å². The maximum Gasteiger partial charge on any atom is 0.348 e. The third-order valence-electron chi connectivity index (χ3n) is 5.19. The number of hydrogen-bond acceptors (Lipinski definition) is 2. The molecule has 0 unspecified atom stereocenters. The Labute approximate surface area is 198 Å². The Kier molecular flexibility index (Phi) is 6.28. The van der Waals surface area contributed by atoms with E-state index in [2.05, 4.69) is 0 Å². The van der Waals surface area contributed by atoms with Gasteiger partial charge in [-0.1, -0.05) is 47.5 Å². The molecule has 10 heteroatoms. The van der Waals surface area contributed by atoms with Gasteiger partial charge in [-0.15, -0.1) is 0 Å². The van der Waals surface area contributed by atoms with Gasteiger partial charge >= 0.3 is 11.8 Å². The van der Waals surface area contributed by atoms with E-state index in [1.54, 1.807) is 39.3 Å². The van der Waals surface area contributed by atoms with Crippen molar-refractivity contribution in [2.45, 2.75) is 62.3 Å². The van der Waals surface area contributed by atoms with Crippen LogP contribution < -0.4 is 0 Å². The summed E-state index contributed by atoms with van der Waals surface area (Å²) in [5.74, 6) is -9.12. The molecule has 0 N–H and O–H groups in total. The zero-order valence-corrected chi connectivity index (χ0v) is 22.2. The highest BCUT2D eigenvalue weighted by molar-refractivity contribution is 6.70. The van der Waals surface area contributed by atoms with E-state index in [4.69, 9.17) is 32.1 Å². The summed E-state index contributed by atoms with van der Waals surface area (Å²) in [5, 5.41) is 0.573. The Morgan fingerprint density at radius 1 is 0.562 bits per heavy atom. The molecule has 2 aromatic rings. The minimum atomic E-state index is -4.56. The molecule has 0 radical (unpaired) electrons. The van der Waals surface area contributed by atoms with Gasteiger partial charge < -0.3 is 8.85 Å². The van der Waals surface area contributed by atoms with E-state index in [-0.39, 0.29) is 21.2 Å². The lowest BCUT2D eigenvalue weighted by Crippen LogP contribution is -2.88. The second-order valence-corrected chi connectivity index (χ2v) is 19.7. The molecule has 32 heavy (non-hydrogen) atoms. The molecule has 0 amide bonds. The summed E-state index contributed by atoms with van der Waals surface area (Å²) in [7, 11) is -5.71. The van der Waals surface area contributed by atoms with Crippen LogP contribution >= 0.6 is 23.2 Å². The smallest absolute Gasteiger partial charge is 0.348 e. The third kappa shape index (κ3) is 3.67. The second-order valence-electron chi connectivity index (χ2n) is 9.95. The molecule has 1 saturated carbocycles. The molecule has 1 aliphatic carbocycles. The van der Waals surface area contributed by atoms with E-state index < -0.39 is 39.7 Å². The van der Waals surface area contributed by atoms with Crippen LogP contribution in [0.5, 0.6) is 0 Å². The molecule has 2 atom stereocenters. The molecule has 0 saturated heterocycles. The van der Waals surface area contributed by atoms with Crippen molar-refractivity contribution in [3.8, 4) is 0 Å². The van der Waals surface area contributed by atoms with E-state index >= 15 is 17.6 Å². The Morgan fingerprint density at radius 3 is 1.03 bits per heavy atom. The third-order valence-corrected chi connectivity index (χ3v) is 7.54. The molecule has 176 valence electrons. The molecule has 2 aromatic carbocycles. The summed E-state index contributed by atoms with van der Waals surface area (Å²) < 4.78 is 75.5. The molecule has 1 aliphatic rings. The first-order chi connectivity index (χ1) is 14.4. The zero-order valence-electron chi connectivity index (χ0n) is 18.7. The van der Waals surface area contributed by atoms with Crippen LogP contribution in [0.3, 0.4) is 0 Å². The van der Waals surface area contributed by atoms with Gasteiger partial charge in [0.2, 0.25) is 0 Å². The molecule has 1 fully saturated rings. The molecule has 0 bridgehead atoms. The molecule has 0 spiro atoms. The Hall–Kier alpha value is -0.906. The van der Waals surface area contributed by atoms with Crippen LogP contribution in [-0.2, 0) is 20.1 Å². The number of rotatable bonds is 6. The van der Waals surface area contributed by atoms with Gasteiger partial charge in [-0.2, -0.15) is 17.6 Å². The predicted molar refractivity (Wildman–Crippen MR) is 125 cm³/mol. The average molecular weight is 526 g/mol. The first-order valence-corrected chi connectivity index (χ1v) is 17.7. The highest BCUT2D eigenvalue weighted by Gasteiger charge is 2.97. The highest BCUT2D eigenvalue weighted by Crippen LogP contribution is 2.76. The van der Waals surface area contributed by atoms with Gasteiger partial charge in [-0.25, -0.2) is 0 Å². The number of benzene rings is 2. The summed E-state index contributed by atoms with van der Waals surface area (Å²) >= 11 is 12.0. The van der Waals surface area contributed by atoms with Crippen LogP contribution in [0.2, 0.25) is 49.3 Å². The fourth-order valence-electron chi connectivity index (χ4n) is 4.27. The second kappa shape index (κ2) is 7.81. The predicted octanol–water partition coefficient (Wildman–Crippen LogP) is 8.07. The lowest BCUT2D eigenvalue weighted by Gasteiger charge is -2.68.